The normalized spacial score (nSPS) is 23.1. The van der Waals surface area contributed by atoms with E-state index in [0.29, 0.717) is 81.6 Å². The Kier molecular flexibility index (Phi) is 8.72. The third-order valence-electron chi connectivity index (χ3n) is 19.7. The van der Waals surface area contributed by atoms with E-state index in [0.717, 1.165) is 18.3 Å². The van der Waals surface area contributed by atoms with Crippen molar-refractivity contribution < 1.29 is 19.2 Å². The molecule has 26 bridgehead atoms. The highest BCUT2D eigenvalue weighted by Gasteiger charge is 2.47. The number of hydrogen-bond acceptors (Lipinski definition) is 12. The van der Waals surface area contributed by atoms with Crippen molar-refractivity contribution in [2.75, 3.05) is 0 Å². The van der Waals surface area contributed by atoms with Crippen LogP contribution in [-0.2, 0) is 0 Å². The summed E-state index contributed by atoms with van der Waals surface area (Å²) < 4.78 is 4.16. The lowest BCUT2D eigenvalue weighted by Crippen LogP contribution is -2.53. The van der Waals surface area contributed by atoms with Crippen LogP contribution >= 0.6 is 0 Å². The van der Waals surface area contributed by atoms with Gasteiger partial charge in [-0.25, -0.2) is 0 Å². The molecule has 0 radical (unpaired) electrons. The molecule has 392 valence electrons. The van der Waals surface area contributed by atoms with E-state index in [1.165, 1.54) is 34.1 Å². The van der Waals surface area contributed by atoms with Crippen molar-refractivity contribution in [1.82, 2.24) is 28.1 Å². The van der Waals surface area contributed by atoms with Gasteiger partial charge >= 0.3 is 0 Å². The molecular weight excluding hydrogens is 1020 g/mol. The van der Waals surface area contributed by atoms with Crippen LogP contribution in [0.15, 0.2) is 111 Å². The average Bonchev–Trinajstić information content (AvgIpc) is 4.19. The monoisotopic (exact) mass is 1060 g/mol. The maximum Gasteiger partial charge on any atom is 0.261 e. The fraction of sp³-hybridized carbons (Fsp3) is 0.290. The molecule has 80 heavy (non-hydrogen) atoms. The highest BCUT2D eigenvalue weighted by atomic mass is 16.2. The maximum atomic E-state index is 15.1. The average molecular weight is 1060 g/mol. The molecule has 7 aromatic carbocycles. The van der Waals surface area contributed by atoms with Crippen molar-refractivity contribution in [2.45, 2.75) is 113 Å². The molecule has 18 heteroatoms. The van der Waals surface area contributed by atoms with Gasteiger partial charge in [-0.2, -0.15) is 0 Å². The molecule has 0 unspecified atom stereocenters. The van der Waals surface area contributed by atoms with Gasteiger partial charge in [0.2, 0.25) is 0 Å². The molecule has 3 fully saturated rings. The summed E-state index contributed by atoms with van der Waals surface area (Å²) in [7, 11) is 0. The predicted molar refractivity (Wildman–Crippen MR) is 298 cm³/mol. The van der Waals surface area contributed by atoms with Gasteiger partial charge in [0, 0.05) is 33.0 Å². The van der Waals surface area contributed by atoms with Crippen molar-refractivity contribution in [2.24, 2.45) is 0 Å². The van der Waals surface area contributed by atoms with Crippen molar-refractivity contribution in [3.8, 4) is 0 Å². The fourth-order valence-corrected chi connectivity index (χ4v) is 16.2. The van der Waals surface area contributed by atoms with Crippen LogP contribution in [0.1, 0.15) is 143 Å². The number of amides is 4. The molecule has 21 heterocycles. The highest BCUT2D eigenvalue weighted by Crippen LogP contribution is 2.48. The number of imide groups is 2. The van der Waals surface area contributed by atoms with E-state index >= 15 is 19.2 Å². The molecule has 0 N–H and O–H groups in total. The zero-order chi connectivity index (χ0) is 54.4. The van der Waals surface area contributed by atoms with Crippen molar-refractivity contribution in [1.29, 1.82) is 0 Å². The highest BCUT2D eigenvalue weighted by molar-refractivity contribution is 6.41. The lowest BCUT2D eigenvalue weighted by atomic mass is 9.80. The van der Waals surface area contributed by atoms with Crippen LogP contribution in [0.2, 0.25) is 0 Å². The summed E-state index contributed by atoms with van der Waals surface area (Å²) in [6.07, 6.45) is 4.91. The zero-order valence-electron chi connectivity index (χ0n) is 42.5. The summed E-state index contributed by atoms with van der Waals surface area (Å²) in [6, 6.07) is 13.1. The van der Waals surface area contributed by atoms with Crippen LogP contribution in [0.3, 0.4) is 0 Å². The first-order valence-electron chi connectivity index (χ1n) is 27.6. The minimum atomic E-state index is -1.02. The molecule has 3 saturated carbocycles. The van der Waals surface area contributed by atoms with E-state index in [2.05, 4.69) is 0 Å². The molecule has 20 aliphatic rings. The first-order valence-corrected chi connectivity index (χ1v) is 27.6. The van der Waals surface area contributed by atoms with Gasteiger partial charge in [-0.15, -0.1) is 0 Å². The summed E-state index contributed by atoms with van der Waals surface area (Å²) >= 11 is 0. The van der Waals surface area contributed by atoms with Gasteiger partial charge in [0.05, 0.1) is 79.3 Å². The van der Waals surface area contributed by atoms with E-state index in [4.69, 9.17) is 0 Å². The van der Waals surface area contributed by atoms with Crippen LogP contribution < -0.4 is 44.5 Å². The molecule has 31 rings (SSSR count). The largest absolute Gasteiger partial charge is 0.269 e. The molecule has 0 saturated heterocycles. The topological polar surface area (TPSA) is 231 Å². The third-order valence-corrected chi connectivity index (χ3v) is 19.7. The number of benzene rings is 7. The van der Waals surface area contributed by atoms with Crippen LogP contribution in [0.5, 0.6) is 0 Å². The smallest absolute Gasteiger partial charge is 0.261 e. The molecule has 4 aromatic heterocycles. The van der Waals surface area contributed by atoms with E-state index in [-0.39, 0.29) is 104 Å². The molecule has 3 aliphatic carbocycles. The van der Waals surface area contributed by atoms with Crippen LogP contribution in [0.25, 0.3) is 86.2 Å². The van der Waals surface area contributed by atoms with Gasteiger partial charge < -0.3 is 0 Å². The summed E-state index contributed by atoms with van der Waals surface area (Å²) in [4.78, 5) is 181. The van der Waals surface area contributed by atoms with Crippen LogP contribution in [-0.4, -0.2) is 63.8 Å². The van der Waals surface area contributed by atoms with Gasteiger partial charge in [-0.05, 0) is 119 Å². The van der Waals surface area contributed by atoms with Gasteiger partial charge in [0.25, 0.3) is 68.1 Å². The third kappa shape index (κ3) is 5.30. The Morgan fingerprint density at radius 1 is 0.237 bits per heavy atom. The Labute approximate surface area is 446 Å². The Bertz CT molecular complexity index is 4720. The fourth-order valence-electron chi connectivity index (χ4n) is 16.2. The Morgan fingerprint density at radius 2 is 0.438 bits per heavy atom. The van der Waals surface area contributed by atoms with Crippen LogP contribution in [0, 0.1) is 0 Å². The lowest BCUT2D eigenvalue weighted by molar-refractivity contribution is 0.0418. The second-order valence-electron chi connectivity index (χ2n) is 23.2. The van der Waals surface area contributed by atoms with Gasteiger partial charge in [0.1, 0.15) is 0 Å². The SMILES string of the molecule is O=C1c2ccc3c4ccc5c6c7ccc(c8ccc(c2c38)C(=O)N1[C@@H]1CCCC[C@H]1n1c(=O)c2cc3c(=O)n(c(=O)c3cc2c1=O)[C@@H]1CCCC[C@H]1n1c(=O)c2cc3c(=O)n(c(=O)c3cc2c1=O)[C@@H]1CCCC[C@H]1N(C5=O)C7=O)c64. The number of rotatable bonds is 0. The van der Waals surface area contributed by atoms with E-state index in [9.17, 15) is 38.4 Å². The second kappa shape index (κ2) is 15.3. The maximum absolute atomic E-state index is 15.1. The van der Waals surface area contributed by atoms with E-state index in [1.54, 1.807) is 48.5 Å². The lowest BCUT2D eigenvalue weighted by Gasteiger charge is -2.41. The van der Waals surface area contributed by atoms with Crippen molar-refractivity contribution in [3.05, 3.63) is 178 Å². The van der Waals surface area contributed by atoms with Gasteiger partial charge in [-0.3, -0.25) is 85.6 Å². The van der Waals surface area contributed by atoms with Crippen LogP contribution in [0.4, 0.5) is 0 Å². The van der Waals surface area contributed by atoms with E-state index in [1.807, 2.05) is 0 Å². The molecule has 4 amide bonds. The first kappa shape index (κ1) is 45.7. The standard InChI is InChI=1S/C62H42N6O12/c69-51-29-17-13-25-27-15-19-31-50-32-20-16-28(48(27)50)26-14-18-30(49(29)47(25)26)52(70)63(51)41-7-1-3-9-43(41)65-55(73)33-21-37-38(22-34(33)56(65)74)60(78)67(59(37)77)45-11-5-6-12-46(45)68-61(79)39-23-35-36(24-40(39)62(68)80)58(76)66(57(35)75)44-10-4-2-8-42(44)64(53(31)71)54(32)72/h13-24,41-46H,1-12H2/t41-,42-,43-,44-,45-,46-/m1/s1. The summed E-state index contributed by atoms with van der Waals surface area (Å²) in [5.41, 5.74) is -5.09. The Morgan fingerprint density at radius 3 is 0.662 bits per heavy atom. The number of hydrogen-bond donors (Lipinski definition) is 0. The minimum Gasteiger partial charge on any atom is -0.269 e. The number of carbonyl (C=O) groups excluding carboxylic acids is 4. The number of nitrogens with zero attached hydrogens (tertiary/aromatic N) is 6. The zero-order valence-corrected chi connectivity index (χ0v) is 42.5. The predicted octanol–water partition coefficient (Wildman–Crippen LogP) is 6.42. The Balaban J connectivity index is 0.922. The molecular formula is C62H42N6O12. The molecule has 0 spiro atoms. The summed E-state index contributed by atoms with van der Waals surface area (Å²) in [6.45, 7) is 0. The second-order valence-corrected chi connectivity index (χ2v) is 23.2. The van der Waals surface area contributed by atoms with Crippen molar-refractivity contribution in [3.63, 3.8) is 0 Å². The first-order chi connectivity index (χ1) is 38.7. The molecule has 17 aliphatic heterocycles. The minimum absolute atomic E-state index is 0.116. The Hall–Kier alpha value is -9.32. The molecule has 6 atom stereocenters. The van der Waals surface area contributed by atoms with Gasteiger partial charge in [0.15, 0.2) is 0 Å². The quantitative estimate of drug-likeness (QED) is 0.0910. The van der Waals surface area contributed by atoms with Gasteiger partial charge in [-0.1, -0.05) is 62.8 Å². The van der Waals surface area contributed by atoms with Crippen molar-refractivity contribution >= 4 is 110 Å². The molecule has 11 aromatic rings. The summed E-state index contributed by atoms with van der Waals surface area (Å²) in [5, 5.41) is 3.83. The molecule has 18 nitrogen and oxygen atoms in total. The van der Waals surface area contributed by atoms with E-state index < -0.39 is 104 Å². The number of aromatic nitrogens is 4. The summed E-state index contributed by atoms with van der Waals surface area (Å²) in [5.74, 6) is -2.39. The number of carbonyl (C=O) groups is 4.